The SMILES string of the molecule is Cc1ccc(-n2nnnc2SCC(=O)Nc2nnc(C(C)C)o2)cc1. The maximum absolute atomic E-state index is 12.0. The summed E-state index contributed by atoms with van der Waals surface area (Å²) in [4.78, 5) is 12.0. The Hall–Kier alpha value is -2.75. The molecule has 0 aliphatic rings. The molecule has 1 aromatic carbocycles. The summed E-state index contributed by atoms with van der Waals surface area (Å²) in [6.45, 7) is 5.87. The average molecular weight is 359 g/mol. The molecule has 0 aliphatic carbocycles. The molecule has 0 atom stereocenters. The lowest BCUT2D eigenvalue weighted by molar-refractivity contribution is -0.113. The molecule has 3 rings (SSSR count). The van der Waals surface area contributed by atoms with Crippen molar-refractivity contribution in [1.29, 1.82) is 0 Å². The van der Waals surface area contributed by atoms with Crippen molar-refractivity contribution in [1.82, 2.24) is 30.4 Å². The van der Waals surface area contributed by atoms with E-state index in [-0.39, 0.29) is 23.6 Å². The molecule has 3 aromatic rings. The highest BCUT2D eigenvalue weighted by Crippen LogP contribution is 2.19. The molecule has 2 aromatic heterocycles. The van der Waals surface area contributed by atoms with Crippen LogP contribution in [-0.4, -0.2) is 42.1 Å². The smallest absolute Gasteiger partial charge is 0.322 e. The molecule has 2 heterocycles. The van der Waals surface area contributed by atoms with Gasteiger partial charge in [-0.15, -0.1) is 10.2 Å². The number of amides is 1. The van der Waals surface area contributed by atoms with Crippen molar-refractivity contribution >= 4 is 23.7 Å². The van der Waals surface area contributed by atoms with E-state index in [1.807, 2.05) is 45.0 Å². The Kier molecular flexibility index (Phi) is 5.08. The van der Waals surface area contributed by atoms with Gasteiger partial charge in [-0.25, -0.2) is 0 Å². The van der Waals surface area contributed by atoms with Gasteiger partial charge in [-0.05, 0) is 29.5 Å². The summed E-state index contributed by atoms with van der Waals surface area (Å²) in [7, 11) is 0. The van der Waals surface area contributed by atoms with Crippen LogP contribution in [0.25, 0.3) is 5.69 Å². The maximum atomic E-state index is 12.0. The van der Waals surface area contributed by atoms with Crippen LogP contribution in [0.15, 0.2) is 33.8 Å². The summed E-state index contributed by atoms with van der Waals surface area (Å²) in [5.41, 5.74) is 1.97. The molecule has 1 amide bonds. The van der Waals surface area contributed by atoms with Crippen LogP contribution in [0.5, 0.6) is 0 Å². The first kappa shape index (κ1) is 17.1. The Morgan fingerprint density at radius 1 is 1.24 bits per heavy atom. The molecule has 0 radical (unpaired) electrons. The van der Waals surface area contributed by atoms with Crippen LogP contribution in [0.2, 0.25) is 0 Å². The van der Waals surface area contributed by atoms with Gasteiger partial charge in [0.1, 0.15) is 0 Å². The van der Waals surface area contributed by atoms with Gasteiger partial charge in [-0.1, -0.05) is 48.4 Å². The number of hydrogen-bond acceptors (Lipinski definition) is 8. The van der Waals surface area contributed by atoms with Gasteiger partial charge in [0.2, 0.25) is 17.0 Å². The predicted molar refractivity (Wildman–Crippen MR) is 91.6 cm³/mol. The van der Waals surface area contributed by atoms with Crippen LogP contribution in [0.1, 0.15) is 31.2 Å². The van der Waals surface area contributed by atoms with Crippen molar-refractivity contribution in [2.24, 2.45) is 0 Å². The molecule has 25 heavy (non-hydrogen) atoms. The van der Waals surface area contributed by atoms with Gasteiger partial charge >= 0.3 is 6.01 Å². The zero-order valence-electron chi connectivity index (χ0n) is 14.0. The highest BCUT2D eigenvalue weighted by atomic mass is 32.2. The number of carbonyl (C=O) groups is 1. The molecule has 1 N–H and O–H groups in total. The van der Waals surface area contributed by atoms with Crippen molar-refractivity contribution in [3.63, 3.8) is 0 Å². The second kappa shape index (κ2) is 7.43. The highest BCUT2D eigenvalue weighted by Gasteiger charge is 2.15. The van der Waals surface area contributed by atoms with Crippen molar-refractivity contribution in [3.8, 4) is 5.69 Å². The largest absolute Gasteiger partial charge is 0.408 e. The van der Waals surface area contributed by atoms with Crippen LogP contribution < -0.4 is 5.32 Å². The second-order valence-corrected chi connectivity index (χ2v) is 6.59. The zero-order chi connectivity index (χ0) is 17.8. The van der Waals surface area contributed by atoms with E-state index in [0.29, 0.717) is 11.0 Å². The normalized spacial score (nSPS) is 11.0. The minimum absolute atomic E-state index is 0.0902. The first-order valence-electron chi connectivity index (χ1n) is 7.64. The van der Waals surface area contributed by atoms with E-state index < -0.39 is 0 Å². The van der Waals surface area contributed by atoms with Crippen LogP contribution >= 0.6 is 11.8 Å². The van der Waals surface area contributed by atoms with Gasteiger partial charge in [-0.2, -0.15) is 4.68 Å². The van der Waals surface area contributed by atoms with E-state index in [0.717, 1.165) is 11.3 Å². The number of nitrogens with zero attached hydrogens (tertiary/aromatic N) is 6. The number of aryl methyl sites for hydroxylation is 1. The molecule has 0 fully saturated rings. The van der Waals surface area contributed by atoms with Crippen molar-refractivity contribution in [3.05, 3.63) is 35.7 Å². The Bertz CT molecular complexity index is 857. The topological polar surface area (TPSA) is 112 Å². The highest BCUT2D eigenvalue weighted by molar-refractivity contribution is 7.99. The minimum Gasteiger partial charge on any atom is -0.408 e. The van der Waals surface area contributed by atoms with E-state index in [9.17, 15) is 4.79 Å². The monoisotopic (exact) mass is 359 g/mol. The Balaban J connectivity index is 1.61. The summed E-state index contributed by atoms with van der Waals surface area (Å²) in [6, 6.07) is 7.87. The number of benzene rings is 1. The lowest BCUT2D eigenvalue weighted by atomic mass is 10.2. The molecule has 10 heteroatoms. The average Bonchev–Trinajstić information content (AvgIpc) is 3.23. The van der Waals surface area contributed by atoms with Crippen LogP contribution in [0, 0.1) is 6.92 Å². The second-order valence-electron chi connectivity index (χ2n) is 5.65. The third-order valence-corrected chi connectivity index (χ3v) is 4.15. The van der Waals surface area contributed by atoms with E-state index in [2.05, 4.69) is 31.0 Å². The fourth-order valence-corrected chi connectivity index (χ4v) is 2.61. The van der Waals surface area contributed by atoms with Crippen molar-refractivity contribution in [2.45, 2.75) is 31.8 Å². The summed E-state index contributed by atoms with van der Waals surface area (Å²) in [6.07, 6.45) is 0. The lowest BCUT2D eigenvalue weighted by Crippen LogP contribution is -2.15. The number of thioether (sulfide) groups is 1. The first-order chi connectivity index (χ1) is 12.0. The molecular formula is C15H17N7O2S. The Labute approximate surface area is 148 Å². The van der Waals surface area contributed by atoms with Gasteiger partial charge in [-0.3, -0.25) is 10.1 Å². The van der Waals surface area contributed by atoms with Crippen LogP contribution in [0.4, 0.5) is 6.01 Å². The molecule has 0 bridgehead atoms. The van der Waals surface area contributed by atoms with Crippen molar-refractivity contribution < 1.29 is 9.21 Å². The number of nitrogens with one attached hydrogen (secondary N) is 1. The summed E-state index contributed by atoms with van der Waals surface area (Å²) < 4.78 is 6.93. The maximum Gasteiger partial charge on any atom is 0.322 e. The van der Waals surface area contributed by atoms with Gasteiger partial charge < -0.3 is 4.42 Å². The van der Waals surface area contributed by atoms with E-state index in [1.54, 1.807) is 4.68 Å². The predicted octanol–water partition coefficient (Wildman–Crippen LogP) is 2.21. The number of carbonyl (C=O) groups excluding carboxylic acids is 1. The molecule has 0 spiro atoms. The van der Waals surface area contributed by atoms with Crippen LogP contribution in [-0.2, 0) is 4.79 Å². The van der Waals surface area contributed by atoms with Gasteiger partial charge in [0, 0.05) is 5.92 Å². The molecule has 0 saturated carbocycles. The quantitative estimate of drug-likeness (QED) is 0.667. The summed E-state index contributed by atoms with van der Waals surface area (Å²) in [5, 5.41) is 22.3. The third kappa shape index (κ3) is 4.21. The molecule has 9 nitrogen and oxygen atoms in total. The standard InChI is InChI=1S/C15H17N7O2S/c1-9(2)13-17-18-14(24-13)16-12(23)8-25-15-19-20-21-22(15)11-6-4-10(3)5-7-11/h4-7,9H,8H2,1-3H3,(H,16,18,23). The third-order valence-electron chi connectivity index (χ3n) is 3.23. The zero-order valence-corrected chi connectivity index (χ0v) is 14.8. The number of rotatable bonds is 6. The summed E-state index contributed by atoms with van der Waals surface area (Å²) >= 11 is 1.22. The van der Waals surface area contributed by atoms with E-state index >= 15 is 0 Å². The fourth-order valence-electron chi connectivity index (χ4n) is 1.92. The Morgan fingerprint density at radius 3 is 2.68 bits per heavy atom. The van der Waals surface area contributed by atoms with Crippen LogP contribution in [0.3, 0.4) is 0 Å². The molecule has 130 valence electrons. The van der Waals surface area contributed by atoms with Gasteiger partial charge in [0.05, 0.1) is 11.4 Å². The molecule has 0 unspecified atom stereocenters. The Morgan fingerprint density at radius 2 is 2.00 bits per heavy atom. The summed E-state index contributed by atoms with van der Waals surface area (Å²) in [5.74, 6) is 0.423. The molecule has 0 saturated heterocycles. The number of tetrazole rings is 1. The first-order valence-corrected chi connectivity index (χ1v) is 8.63. The van der Waals surface area contributed by atoms with Gasteiger partial charge in [0.15, 0.2) is 0 Å². The van der Waals surface area contributed by atoms with E-state index in [4.69, 9.17) is 4.42 Å². The number of aromatic nitrogens is 6. The molecular weight excluding hydrogens is 342 g/mol. The minimum atomic E-state index is -0.276. The fraction of sp³-hybridized carbons (Fsp3) is 0.333. The number of hydrogen-bond donors (Lipinski definition) is 1. The van der Waals surface area contributed by atoms with Gasteiger partial charge in [0.25, 0.3) is 0 Å². The number of anilines is 1. The van der Waals surface area contributed by atoms with E-state index in [1.165, 1.54) is 11.8 Å². The lowest BCUT2D eigenvalue weighted by Gasteiger charge is -2.04. The van der Waals surface area contributed by atoms with Crippen molar-refractivity contribution in [2.75, 3.05) is 11.1 Å². The molecule has 0 aliphatic heterocycles.